The van der Waals surface area contributed by atoms with E-state index >= 15 is 0 Å². The zero-order valence-corrected chi connectivity index (χ0v) is 9.91. The quantitative estimate of drug-likeness (QED) is 0.540. The topological polar surface area (TPSA) is 60.7 Å². The van der Waals surface area contributed by atoms with E-state index in [0.717, 1.165) is 7.58 Å². The number of hydrogen-bond donors (Lipinski definition) is 3. The Morgan fingerprint density at radius 3 is 2.64 bits per heavy atom. The van der Waals surface area contributed by atoms with Gasteiger partial charge in [0, 0.05) is 10.1 Å². The molecule has 2 rings (SSSR count). The molecule has 0 aliphatic carbocycles. The second-order valence-electron chi connectivity index (χ2n) is 2.85. The maximum Gasteiger partial charge on any atom is 0.488 e. The van der Waals surface area contributed by atoms with Gasteiger partial charge in [-0.05, 0) is 34.1 Å². The van der Waals surface area contributed by atoms with E-state index in [-0.39, 0.29) is 5.75 Å². The van der Waals surface area contributed by atoms with Crippen molar-refractivity contribution < 1.29 is 15.2 Å². The molecule has 6 heteroatoms. The van der Waals surface area contributed by atoms with Crippen LogP contribution in [0.4, 0.5) is 0 Å². The van der Waals surface area contributed by atoms with Crippen molar-refractivity contribution in [2.45, 2.75) is 0 Å². The van der Waals surface area contributed by atoms with Crippen molar-refractivity contribution in [3.63, 3.8) is 0 Å². The summed E-state index contributed by atoms with van der Waals surface area (Å²) in [5.41, 5.74) is 0.391. The second kappa shape index (κ2) is 3.69. The van der Waals surface area contributed by atoms with Gasteiger partial charge >= 0.3 is 7.12 Å². The van der Waals surface area contributed by atoms with Crippen molar-refractivity contribution in [2.24, 2.45) is 0 Å². The third kappa shape index (κ3) is 1.62. The highest BCUT2D eigenvalue weighted by Gasteiger charge is 2.14. The Bertz CT molecular complexity index is 483. The Morgan fingerprint density at radius 1 is 1.29 bits per heavy atom. The van der Waals surface area contributed by atoms with Gasteiger partial charge in [0.2, 0.25) is 0 Å². The fourth-order valence-electron chi connectivity index (χ4n) is 1.23. The van der Waals surface area contributed by atoms with Crippen LogP contribution in [0.1, 0.15) is 0 Å². The molecule has 0 bridgehead atoms. The Balaban J connectivity index is 2.69. The summed E-state index contributed by atoms with van der Waals surface area (Å²) in [5.74, 6) is 0.216. The third-order valence-corrected chi connectivity index (χ3v) is 4.06. The molecule has 1 aromatic heterocycles. The van der Waals surface area contributed by atoms with Crippen molar-refractivity contribution in [3.05, 3.63) is 21.1 Å². The molecule has 0 amide bonds. The van der Waals surface area contributed by atoms with Crippen molar-refractivity contribution in [1.29, 1.82) is 0 Å². The van der Waals surface area contributed by atoms with Gasteiger partial charge in [-0.15, -0.1) is 11.3 Å². The second-order valence-corrected chi connectivity index (χ2v) is 5.72. The van der Waals surface area contributed by atoms with Crippen LogP contribution in [0.5, 0.6) is 5.75 Å². The highest BCUT2D eigenvalue weighted by molar-refractivity contribution is 14.1. The Hall–Kier alpha value is -0.305. The molecule has 3 N–H and O–H groups in total. The first-order valence-electron chi connectivity index (χ1n) is 3.86. The first kappa shape index (κ1) is 10.2. The van der Waals surface area contributed by atoms with Crippen LogP contribution in [-0.4, -0.2) is 22.3 Å². The van der Waals surface area contributed by atoms with Crippen LogP contribution in [0.2, 0.25) is 0 Å². The number of hydrogen-bond acceptors (Lipinski definition) is 4. The Kier molecular flexibility index (Phi) is 2.69. The number of halogens is 1. The summed E-state index contributed by atoms with van der Waals surface area (Å²) in [7, 11) is -1.49. The van der Waals surface area contributed by atoms with Gasteiger partial charge in [0.05, 0.1) is 0 Å². The minimum atomic E-state index is -1.49. The highest BCUT2D eigenvalue weighted by atomic mass is 127. The molecule has 0 fully saturated rings. The minimum Gasteiger partial charge on any atom is -0.505 e. The van der Waals surface area contributed by atoms with Gasteiger partial charge in [-0.3, -0.25) is 0 Å². The van der Waals surface area contributed by atoms with Gasteiger partial charge in [-0.2, -0.15) is 0 Å². The molecule has 0 aliphatic rings. The van der Waals surface area contributed by atoms with E-state index in [9.17, 15) is 5.11 Å². The van der Waals surface area contributed by atoms with Gasteiger partial charge in [0.15, 0.2) is 0 Å². The standard InChI is InChI=1S/C8H6BIO3S/c10-8-7(11)5-3-4(9(12)13)1-2-6(5)14-8/h1-3,11-13H. The lowest BCUT2D eigenvalue weighted by molar-refractivity contribution is 0.426. The van der Waals surface area contributed by atoms with E-state index in [1.54, 1.807) is 18.2 Å². The Morgan fingerprint density at radius 2 is 2.00 bits per heavy atom. The molecule has 3 nitrogen and oxygen atoms in total. The number of benzene rings is 1. The fraction of sp³-hybridized carbons (Fsp3) is 0. The van der Waals surface area contributed by atoms with Crippen molar-refractivity contribution in [1.82, 2.24) is 0 Å². The van der Waals surface area contributed by atoms with E-state index in [1.165, 1.54) is 11.3 Å². The molecule has 0 spiro atoms. The summed E-state index contributed by atoms with van der Waals surface area (Å²) in [5, 5.41) is 28.2. The molecule has 2 aromatic rings. The number of fused-ring (bicyclic) bond motifs is 1. The normalized spacial score (nSPS) is 10.8. The SMILES string of the molecule is OB(O)c1ccc2sc(I)c(O)c2c1. The number of thiophene rings is 1. The zero-order chi connectivity index (χ0) is 10.3. The average molecular weight is 320 g/mol. The van der Waals surface area contributed by atoms with Crippen LogP contribution in [-0.2, 0) is 0 Å². The molecule has 0 saturated heterocycles. The third-order valence-electron chi connectivity index (χ3n) is 1.94. The van der Waals surface area contributed by atoms with Gasteiger partial charge < -0.3 is 15.2 Å². The van der Waals surface area contributed by atoms with Crippen LogP contribution in [0.3, 0.4) is 0 Å². The van der Waals surface area contributed by atoms with E-state index in [1.807, 2.05) is 0 Å². The molecule has 72 valence electrons. The largest absolute Gasteiger partial charge is 0.505 e. The molecule has 1 heterocycles. The fourth-order valence-corrected chi connectivity index (χ4v) is 3.04. The highest BCUT2D eigenvalue weighted by Crippen LogP contribution is 2.36. The van der Waals surface area contributed by atoms with Crippen molar-refractivity contribution >= 4 is 56.6 Å². The summed E-state index contributed by atoms with van der Waals surface area (Å²) in [6, 6.07) is 5.00. The number of rotatable bonds is 1. The summed E-state index contributed by atoms with van der Waals surface area (Å²) in [6.07, 6.45) is 0. The minimum absolute atomic E-state index is 0.216. The predicted octanol–water partition coefficient (Wildman–Crippen LogP) is 0.891. The maximum atomic E-state index is 9.64. The molecule has 0 atom stereocenters. The lowest BCUT2D eigenvalue weighted by Gasteiger charge is -1.98. The first-order valence-corrected chi connectivity index (χ1v) is 5.76. The predicted molar refractivity (Wildman–Crippen MR) is 66.0 cm³/mol. The molecule has 0 radical (unpaired) electrons. The molecular weight excluding hydrogens is 314 g/mol. The maximum absolute atomic E-state index is 9.64. The molecular formula is C8H6BIO3S. The lowest BCUT2D eigenvalue weighted by atomic mass is 9.80. The summed E-state index contributed by atoms with van der Waals surface area (Å²) < 4.78 is 1.75. The summed E-state index contributed by atoms with van der Waals surface area (Å²) >= 11 is 3.52. The van der Waals surface area contributed by atoms with Crippen molar-refractivity contribution in [2.75, 3.05) is 0 Å². The summed E-state index contributed by atoms with van der Waals surface area (Å²) in [6.45, 7) is 0. The van der Waals surface area contributed by atoms with E-state index < -0.39 is 7.12 Å². The van der Waals surface area contributed by atoms with E-state index in [4.69, 9.17) is 10.0 Å². The van der Waals surface area contributed by atoms with E-state index in [0.29, 0.717) is 10.8 Å². The molecule has 0 aliphatic heterocycles. The smallest absolute Gasteiger partial charge is 0.488 e. The van der Waals surface area contributed by atoms with Crippen LogP contribution in [0, 0.1) is 2.88 Å². The lowest BCUT2D eigenvalue weighted by Crippen LogP contribution is -2.29. The molecule has 0 saturated carbocycles. The average Bonchev–Trinajstić information content (AvgIpc) is 2.43. The van der Waals surface area contributed by atoms with Crippen molar-refractivity contribution in [3.8, 4) is 5.75 Å². The van der Waals surface area contributed by atoms with Crippen LogP contribution >= 0.6 is 33.9 Å². The van der Waals surface area contributed by atoms with Gasteiger partial charge in [-0.25, -0.2) is 0 Å². The van der Waals surface area contributed by atoms with Gasteiger partial charge in [0.25, 0.3) is 0 Å². The number of aromatic hydroxyl groups is 1. The molecule has 14 heavy (non-hydrogen) atoms. The Labute approximate surface area is 98.3 Å². The van der Waals surface area contributed by atoms with Crippen LogP contribution < -0.4 is 5.46 Å². The monoisotopic (exact) mass is 320 g/mol. The van der Waals surface area contributed by atoms with E-state index in [2.05, 4.69) is 22.6 Å². The van der Waals surface area contributed by atoms with Gasteiger partial charge in [-0.1, -0.05) is 12.1 Å². The molecule has 1 aromatic carbocycles. The van der Waals surface area contributed by atoms with Crippen LogP contribution in [0.25, 0.3) is 10.1 Å². The summed E-state index contributed by atoms with van der Waals surface area (Å²) in [4.78, 5) is 0. The van der Waals surface area contributed by atoms with Gasteiger partial charge in [0.1, 0.15) is 8.63 Å². The zero-order valence-electron chi connectivity index (χ0n) is 6.94. The molecule has 0 unspecified atom stereocenters. The van der Waals surface area contributed by atoms with Crippen LogP contribution in [0.15, 0.2) is 18.2 Å². The first-order chi connectivity index (χ1) is 6.59.